The molecule has 0 aliphatic carbocycles. The highest BCUT2D eigenvalue weighted by atomic mass is 16.5. The van der Waals surface area contributed by atoms with Gasteiger partial charge in [0.25, 0.3) is 0 Å². The first-order valence-corrected chi connectivity index (χ1v) is 7.06. The van der Waals surface area contributed by atoms with Crippen LogP contribution in [0.5, 0.6) is 0 Å². The van der Waals surface area contributed by atoms with Gasteiger partial charge in [-0.2, -0.15) is 0 Å². The maximum atomic E-state index is 11.5. The van der Waals surface area contributed by atoms with Crippen molar-refractivity contribution < 1.29 is 9.53 Å². The van der Waals surface area contributed by atoms with E-state index in [1.165, 1.54) is 32.1 Å². The quantitative estimate of drug-likeness (QED) is 0.316. The number of unbranched alkanes of at least 4 members (excludes halogenated alkanes) is 6. The van der Waals surface area contributed by atoms with Crippen LogP contribution in [-0.2, 0) is 9.53 Å². The van der Waals surface area contributed by atoms with E-state index in [0.717, 1.165) is 24.8 Å². The number of esters is 1. The number of hydrogen-bond acceptors (Lipinski definition) is 2. The molecule has 0 saturated carbocycles. The SMILES string of the molecule is CCCC=C(C)C(=O)OCCCCCCCC. The van der Waals surface area contributed by atoms with Gasteiger partial charge >= 0.3 is 5.97 Å². The van der Waals surface area contributed by atoms with Crippen molar-refractivity contribution >= 4 is 5.97 Å². The number of carbonyl (C=O) groups excluding carboxylic acids is 1. The normalized spacial score (nSPS) is 11.6. The lowest BCUT2D eigenvalue weighted by molar-refractivity contribution is -0.139. The van der Waals surface area contributed by atoms with Crippen LogP contribution in [0.3, 0.4) is 0 Å². The maximum absolute atomic E-state index is 11.5. The molecule has 0 radical (unpaired) electrons. The monoisotopic (exact) mass is 240 g/mol. The molecule has 0 saturated heterocycles. The summed E-state index contributed by atoms with van der Waals surface area (Å²) in [5.74, 6) is -0.146. The van der Waals surface area contributed by atoms with Crippen molar-refractivity contribution in [1.29, 1.82) is 0 Å². The van der Waals surface area contributed by atoms with Crippen LogP contribution in [0.1, 0.15) is 72.1 Å². The van der Waals surface area contributed by atoms with Crippen LogP contribution in [0.2, 0.25) is 0 Å². The molecule has 0 aromatic rings. The Bertz CT molecular complexity index is 219. The van der Waals surface area contributed by atoms with E-state index in [2.05, 4.69) is 13.8 Å². The van der Waals surface area contributed by atoms with Gasteiger partial charge in [0.15, 0.2) is 0 Å². The molecule has 0 bridgehead atoms. The summed E-state index contributed by atoms with van der Waals surface area (Å²) in [7, 11) is 0. The van der Waals surface area contributed by atoms with E-state index < -0.39 is 0 Å². The fourth-order valence-electron chi connectivity index (χ4n) is 1.61. The molecule has 0 atom stereocenters. The molecule has 2 nitrogen and oxygen atoms in total. The van der Waals surface area contributed by atoms with E-state index in [4.69, 9.17) is 4.74 Å². The van der Waals surface area contributed by atoms with E-state index in [0.29, 0.717) is 6.61 Å². The molecule has 0 N–H and O–H groups in total. The number of allylic oxidation sites excluding steroid dienone is 1. The minimum atomic E-state index is -0.146. The van der Waals surface area contributed by atoms with Crippen LogP contribution in [0, 0.1) is 0 Å². The average molecular weight is 240 g/mol. The standard InChI is InChI=1S/C15H28O2/c1-4-6-8-9-10-11-13-17-15(16)14(3)12-7-5-2/h12H,4-11,13H2,1-3H3. The Kier molecular flexibility index (Phi) is 11.1. The summed E-state index contributed by atoms with van der Waals surface area (Å²) >= 11 is 0. The molecule has 100 valence electrons. The predicted molar refractivity (Wildman–Crippen MR) is 73.0 cm³/mol. The van der Waals surface area contributed by atoms with Crippen LogP contribution in [-0.4, -0.2) is 12.6 Å². The first-order chi connectivity index (χ1) is 8.22. The van der Waals surface area contributed by atoms with E-state index >= 15 is 0 Å². The predicted octanol–water partition coefficient (Wildman–Crippen LogP) is 4.64. The molecule has 0 aliphatic rings. The molecule has 0 rings (SSSR count). The minimum absolute atomic E-state index is 0.146. The van der Waals surface area contributed by atoms with Crippen LogP contribution in [0.4, 0.5) is 0 Å². The molecule has 0 spiro atoms. The van der Waals surface area contributed by atoms with E-state index in [9.17, 15) is 4.79 Å². The molecule has 2 heteroatoms. The second kappa shape index (κ2) is 11.7. The molecule has 0 fully saturated rings. The number of rotatable bonds is 10. The zero-order chi connectivity index (χ0) is 12.9. The summed E-state index contributed by atoms with van der Waals surface area (Å²) < 4.78 is 5.20. The third-order valence-electron chi connectivity index (χ3n) is 2.79. The van der Waals surface area contributed by atoms with Crippen LogP contribution in [0.25, 0.3) is 0 Å². The lowest BCUT2D eigenvalue weighted by Gasteiger charge is -2.05. The van der Waals surface area contributed by atoms with Crippen molar-refractivity contribution in [3.63, 3.8) is 0 Å². The Morgan fingerprint density at radius 3 is 2.29 bits per heavy atom. The van der Waals surface area contributed by atoms with Crippen LogP contribution >= 0.6 is 0 Å². The van der Waals surface area contributed by atoms with Gasteiger partial charge in [-0.3, -0.25) is 0 Å². The van der Waals surface area contributed by atoms with Gasteiger partial charge in [-0.25, -0.2) is 4.79 Å². The van der Waals surface area contributed by atoms with Crippen LogP contribution < -0.4 is 0 Å². The summed E-state index contributed by atoms with van der Waals surface area (Å²) in [4.78, 5) is 11.5. The first kappa shape index (κ1) is 16.2. The summed E-state index contributed by atoms with van der Waals surface area (Å²) in [5, 5.41) is 0. The second-order valence-corrected chi connectivity index (χ2v) is 4.58. The van der Waals surface area contributed by atoms with Crippen molar-refractivity contribution in [1.82, 2.24) is 0 Å². The molecule has 0 aromatic heterocycles. The van der Waals surface area contributed by atoms with E-state index in [-0.39, 0.29) is 5.97 Å². The molecular weight excluding hydrogens is 212 g/mol. The smallest absolute Gasteiger partial charge is 0.333 e. The van der Waals surface area contributed by atoms with Crippen molar-refractivity contribution in [2.24, 2.45) is 0 Å². The third-order valence-corrected chi connectivity index (χ3v) is 2.79. The first-order valence-electron chi connectivity index (χ1n) is 7.06. The minimum Gasteiger partial charge on any atom is -0.462 e. The Morgan fingerprint density at radius 2 is 1.65 bits per heavy atom. The van der Waals surface area contributed by atoms with Crippen LogP contribution in [0.15, 0.2) is 11.6 Å². The highest BCUT2D eigenvalue weighted by Gasteiger charge is 2.04. The topological polar surface area (TPSA) is 26.3 Å². The van der Waals surface area contributed by atoms with Crippen molar-refractivity contribution in [3.05, 3.63) is 11.6 Å². The lowest BCUT2D eigenvalue weighted by Crippen LogP contribution is -2.07. The van der Waals surface area contributed by atoms with Gasteiger partial charge in [-0.1, -0.05) is 58.4 Å². The molecule has 0 amide bonds. The summed E-state index contributed by atoms with van der Waals surface area (Å²) in [6.45, 7) is 6.72. The fourth-order valence-corrected chi connectivity index (χ4v) is 1.61. The third kappa shape index (κ3) is 10.1. The molecule has 0 heterocycles. The number of hydrogen-bond donors (Lipinski definition) is 0. The van der Waals surface area contributed by atoms with Gasteiger partial charge in [-0.15, -0.1) is 0 Å². The number of carbonyl (C=O) groups is 1. The van der Waals surface area contributed by atoms with Crippen molar-refractivity contribution in [2.45, 2.75) is 72.1 Å². The zero-order valence-electron chi connectivity index (χ0n) is 11.8. The fraction of sp³-hybridized carbons (Fsp3) is 0.800. The Morgan fingerprint density at radius 1 is 1.00 bits per heavy atom. The lowest BCUT2D eigenvalue weighted by atomic mass is 10.1. The van der Waals surface area contributed by atoms with Gasteiger partial charge < -0.3 is 4.74 Å². The highest BCUT2D eigenvalue weighted by molar-refractivity contribution is 5.87. The zero-order valence-corrected chi connectivity index (χ0v) is 11.8. The summed E-state index contributed by atoms with van der Waals surface area (Å²) in [6.07, 6.45) is 11.3. The van der Waals surface area contributed by atoms with Gasteiger partial charge in [0.2, 0.25) is 0 Å². The largest absolute Gasteiger partial charge is 0.462 e. The summed E-state index contributed by atoms with van der Waals surface area (Å²) in [6, 6.07) is 0. The molecule has 0 unspecified atom stereocenters. The van der Waals surface area contributed by atoms with Gasteiger partial charge in [0.1, 0.15) is 0 Å². The van der Waals surface area contributed by atoms with E-state index in [1.807, 2.05) is 13.0 Å². The Balaban J connectivity index is 3.44. The van der Waals surface area contributed by atoms with Gasteiger partial charge in [0.05, 0.1) is 6.61 Å². The maximum Gasteiger partial charge on any atom is 0.333 e. The molecular formula is C15H28O2. The number of ether oxygens (including phenoxy) is 1. The van der Waals surface area contributed by atoms with Gasteiger partial charge in [0, 0.05) is 5.57 Å². The average Bonchev–Trinajstić information content (AvgIpc) is 2.34. The van der Waals surface area contributed by atoms with Crippen molar-refractivity contribution in [3.8, 4) is 0 Å². The molecule has 0 aliphatic heterocycles. The summed E-state index contributed by atoms with van der Waals surface area (Å²) in [5.41, 5.74) is 0.748. The second-order valence-electron chi connectivity index (χ2n) is 4.58. The molecule has 0 aromatic carbocycles. The van der Waals surface area contributed by atoms with Crippen molar-refractivity contribution in [2.75, 3.05) is 6.61 Å². The molecule has 17 heavy (non-hydrogen) atoms. The van der Waals surface area contributed by atoms with E-state index in [1.54, 1.807) is 0 Å². The Hall–Kier alpha value is -0.790. The highest BCUT2D eigenvalue weighted by Crippen LogP contribution is 2.06. The Labute approximate surface area is 106 Å². The van der Waals surface area contributed by atoms with Gasteiger partial charge in [-0.05, 0) is 19.8 Å².